The lowest BCUT2D eigenvalue weighted by atomic mass is 10.0. The van der Waals surface area contributed by atoms with Gasteiger partial charge in [-0.25, -0.2) is 8.42 Å². The molecule has 0 saturated carbocycles. The summed E-state index contributed by atoms with van der Waals surface area (Å²) in [6.07, 6.45) is 0.432. The topological polar surface area (TPSA) is 72.5 Å². The molecule has 0 bridgehead atoms. The average Bonchev–Trinajstić information content (AvgIpc) is 2.99. The van der Waals surface area contributed by atoms with Crippen LogP contribution in [-0.2, 0) is 25.8 Å². The summed E-state index contributed by atoms with van der Waals surface area (Å²) in [7, 11) is -3.78. The maximum atomic E-state index is 12.9. The molecule has 8 heteroatoms. The lowest BCUT2D eigenvalue weighted by Gasteiger charge is -2.17. The maximum absolute atomic E-state index is 12.9. The molecule has 1 aromatic carbocycles. The van der Waals surface area contributed by atoms with Crippen molar-refractivity contribution in [3.05, 3.63) is 46.8 Å². The van der Waals surface area contributed by atoms with Crippen LogP contribution < -0.4 is 5.32 Å². The monoisotopic (exact) mass is 395 g/mol. The molecule has 2 unspecified atom stereocenters. The summed E-state index contributed by atoms with van der Waals surface area (Å²) in [4.78, 5) is 12.2. The lowest BCUT2D eigenvalue weighted by Crippen LogP contribution is -2.20. The first-order valence-corrected chi connectivity index (χ1v) is 10.5. The van der Waals surface area contributed by atoms with Gasteiger partial charge in [-0.3, -0.25) is 4.79 Å². The molecule has 1 N–H and O–H groups in total. The number of carbonyl (C=O) groups is 1. The Bertz CT molecular complexity index is 919. The number of carbonyl (C=O) groups excluding carboxylic acids is 1. The van der Waals surface area contributed by atoms with E-state index in [9.17, 15) is 13.2 Å². The molecule has 3 rings (SSSR count). The summed E-state index contributed by atoms with van der Waals surface area (Å²) in [5, 5.41) is 3.74. The van der Waals surface area contributed by atoms with E-state index in [1.807, 2.05) is 6.92 Å². The summed E-state index contributed by atoms with van der Waals surface area (Å²) < 4.78 is 31.5. The van der Waals surface area contributed by atoms with Crippen molar-refractivity contribution in [1.29, 1.82) is 0 Å². The lowest BCUT2D eigenvalue weighted by molar-refractivity contribution is -0.116. The fourth-order valence-corrected chi connectivity index (χ4v) is 6.07. The number of Topliss-reactive ketones (excluding diaryl/α,β-unsaturated/α-hetero) is 1. The predicted octanol–water partition coefficient (Wildman–Crippen LogP) is 3.51. The van der Waals surface area contributed by atoms with Crippen LogP contribution in [0.3, 0.4) is 0 Å². The number of anilines is 1. The Morgan fingerprint density at radius 1 is 1.40 bits per heavy atom. The minimum absolute atomic E-state index is 0.138. The van der Waals surface area contributed by atoms with Crippen molar-refractivity contribution in [3.63, 3.8) is 0 Å². The van der Waals surface area contributed by atoms with E-state index in [1.165, 1.54) is 13.0 Å². The van der Waals surface area contributed by atoms with Crippen LogP contribution in [-0.4, -0.2) is 25.5 Å². The van der Waals surface area contributed by atoms with Crippen molar-refractivity contribution in [2.45, 2.75) is 35.8 Å². The molecule has 0 radical (unpaired) electrons. The fourth-order valence-electron chi connectivity index (χ4n) is 2.91. The Morgan fingerprint density at radius 2 is 2.16 bits per heavy atom. The van der Waals surface area contributed by atoms with Gasteiger partial charge in [0.2, 0.25) is 9.84 Å². The second-order valence-corrected chi connectivity index (χ2v) is 9.51. The van der Waals surface area contributed by atoms with Crippen molar-refractivity contribution in [1.82, 2.24) is 0 Å². The van der Waals surface area contributed by atoms with Crippen LogP contribution in [0, 0.1) is 0 Å². The van der Waals surface area contributed by atoms with Crippen LogP contribution in [0.15, 0.2) is 39.9 Å². The maximum Gasteiger partial charge on any atom is 0.261 e. The first kappa shape index (κ1) is 18.0. The Kier molecular flexibility index (Phi) is 4.95. The van der Waals surface area contributed by atoms with Crippen LogP contribution in [0.2, 0.25) is 0 Å². The van der Waals surface area contributed by atoms with Crippen molar-refractivity contribution in [3.8, 4) is 0 Å². The van der Waals surface area contributed by atoms with Gasteiger partial charge < -0.3 is 10.1 Å². The highest BCUT2D eigenvalue weighted by molar-refractivity contribution is 7.94. The molecule has 1 aliphatic heterocycles. The van der Waals surface area contributed by atoms with Gasteiger partial charge in [0.1, 0.15) is 15.6 Å². The van der Waals surface area contributed by atoms with E-state index < -0.39 is 20.9 Å². The molecule has 132 valence electrons. The van der Waals surface area contributed by atoms with Gasteiger partial charge in [0.25, 0.3) is 5.17 Å². The largest absolute Gasteiger partial charge is 0.467 e. The molecule has 5 nitrogen and oxygen atoms in total. The van der Waals surface area contributed by atoms with E-state index >= 15 is 0 Å². The molecule has 1 aliphatic rings. The Balaban J connectivity index is 2.07. The number of fused-ring (bicyclic) bond motifs is 1. The quantitative estimate of drug-likeness (QED) is 0.799. The number of rotatable bonds is 4. The summed E-state index contributed by atoms with van der Waals surface area (Å²) >= 11 is 6.22. The Morgan fingerprint density at radius 3 is 2.80 bits per heavy atom. The van der Waals surface area contributed by atoms with E-state index in [4.69, 9.17) is 17.0 Å². The second-order valence-electron chi connectivity index (χ2n) is 5.93. The number of thiocarbonyl (C=S) groups is 1. The second kappa shape index (κ2) is 6.86. The first-order valence-electron chi connectivity index (χ1n) is 7.67. The number of hydrogen-bond acceptors (Lipinski definition) is 6. The van der Waals surface area contributed by atoms with Crippen molar-refractivity contribution < 1.29 is 17.9 Å². The Labute approximate surface area is 155 Å². The van der Waals surface area contributed by atoms with E-state index in [0.29, 0.717) is 12.0 Å². The number of hydrogen-bond donors (Lipinski definition) is 1. The molecule has 0 saturated heterocycles. The van der Waals surface area contributed by atoms with Gasteiger partial charge in [0.15, 0.2) is 5.78 Å². The standard InChI is InChI=1S/C17H17NO4S3/c1-10-8-13-9-12(5-6-14(13)18-17(23)22-10)16(11(2)19)25(20,21)15-4-3-7-24-15/h3-7,9-10,16H,8H2,1-2H3,(H,18,23). The zero-order valence-electron chi connectivity index (χ0n) is 13.7. The first-order chi connectivity index (χ1) is 11.8. The molecule has 25 heavy (non-hydrogen) atoms. The molecular formula is C17H17NO4S3. The molecule has 0 fully saturated rings. The summed E-state index contributed by atoms with van der Waals surface area (Å²) in [6.45, 7) is 3.20. The highest BCUT2D eigenvalue weighted by Crippen LogP contribution is 2.34. The Hall–Kier alpha value is -1.77. The van der Waals surface area contributed by atoms with Gasteiger partial charge in [-0.15, -0.1) is 11.3 Å². The zero-order valence-corrected chi connectivity index (χ0v) is 16.1. The number of nitrogens with one attached hydrogen (secondary N) is 1. The molecule has 0 spiro atoms. The van der Waals surface area contributed by atoms with Crippen LogP contribution in [0.4, 0.5) is 5.69 Å². The number of benzene rings is 1. The summed E-state index contributed by atoms with van der Waals surface area (Å²) in [5.41, 5.74) is 2.10. The van der Waals surface area contributed by atoms with Crippen LogP contribution in [0.25, 0.3) is 0 Å². The summed E-state index contributed by atoms with van der Waals surface area (Å²) in [6, 6.07) is 8.35. The molecule has 1 aromatic heterocycles. The van der Waals surface area contributed by atoms with Gasteiger partial charge in [-0.2, -0.15) is 0 Å². The van der Waals surface area contributed by atoms with Crippen molar-refractivity contribution >= 4 is 50.0 Å². The van der Waals surface area contributed by atoms with Gasteiger partial charge in [-0.1, -0.05) is 18.2 Å². The molecule has 2 aromatic rings. The third-order valence-corrected chi connectivity index (χ3v) is 7.71. The van der Waals surface area contributed by atoms with Crippen LogP contribution in [0.5, 0.6) is 0 Å². The minimum Gasteiger partial charge on any atom is -0.467 e. The molecule has 2 heterocycles. The zero-order chi connectivity index (χ0) is 18.2. The van der Waals surface area contributed by atoms with Gasteiger partial charge in [-0.05, 0) is 54.7 Å². The fraction of sp³-hybridized carbons (Fsp3) is 0.294. The third kappa shape index (κ3) is 3.61. The normalized spacial score (nSPS) is 18.5. The van der Waals surface area contributed by atoms with Crippen LogP contribution in [0.1, 0.15) is 30.2 Å². The van der Waals surface area contributed by atoms with E-state index in [2.05, 4.69) is 5.32 Å². The van der Waals surface area contributed by atoms with Crippen LogP contribution >= 0.6 is 23.6 Å². The number of sulfone groups is 1. The molecule has 0 aliphatic carbocycles. The highest BCUT2D eigenvalue weighted by Gasteiger charge is 2.34. The molecule has 2 atom stereocenters. The molecular weight excluding hydrogens is 378 g/mol. The minimum atomic E-state index is -3.78. The van der Waals surface area contributed by atoms with Gasteiger partial charge in [0.05, 0.1) is 0 Å². The van der Waals surface area contributed by atoms with Gasteiger partial charge >= 0.3 is 0 Å². The third-order valence-electron chi connectivity index (χ3n) is 3.94. The molecule has 0 amide bonds. The number of thiophene rings is 1. The van der Waals surface area contributed by atoms with E-state index in [-0.39, 0.29) is 15.5 Å². The number of ketones is 1. The average molecular weight is 396 g/mol. The van der Waals surface area contributed by atoms with E-state index in [0.717, 1.165) is 22.6 Å². The smallest absolute Gasteiger partial charge is 0.261 e. The van der Waals surface area contributed by atoms with Gasteiger partial charge in [0, 0.05) is 12.1 Å². The summed E-state index contributed by atoms with van der Waals surface area (Å²) in [5.74, 6) is -0.408. The van der Waals surface area contributed by atoms with Crippen molar-refractivity contribution in [2.24, 2.45) is 0 Å². The SMILES string of the molecule is CC(=O)C(c1ccc2c(c1)CC(C)OC(=S)N2)S(=O)(=O)c1cccs1. The van der Waals surface area contributed by atoms with E-state index in [1.54, 1.807) is 29.6 Å². The van der Waals surface area contributed by atoms with Crippen molar-refractivity contribution in [2.75, 3.05) is 5.32 Å². The predicted molar refractivity (Wildman–Crippen MR) is 102 cm³/mol. The number of ether oxygens (including phenoxy) is 1. The highest BCUT2D eigenvalue weighted by atomic mass is 32.2.